The van der Waals surface area contributed by atoms with Crippen molar-refractivity contribution in [3.8, 4) is 5.75 Å². The molecule has 1 amide bonds. The van der Waals surface area contributed by atoms with Crippen LogP contribution in [0.1, 0.15) is 36.0 Å². The molecule has 1 saturated heterocycles. The molecule has 6 nitrogen and oxygen atoms in total. The van der Waals surface area contributed by atoms with Gasteiger partial charge >= 0.3 is 0 Å². The maximum Gasteiger partial charge on any atom is 0.264 e. The summed E-state index contributed by atoms with van der Waals surface area (Å²) >= 11 is 6.01. The summed E-state index contributed by atoms with van der Waals surface area (Å²) in [4.78, 5) is 19.0. The van der Waals surface area contributed by atoms with Gasteiger partial charge in [0.05, 0.1) is 5.92 Å². The highest BCUT2D eigenvalue weighted by Gasteiger charge is 2.36. The van der Waals surface area contributed by atoms with Gasteiger partial charge in [0.25, 0.3) is 5.91 Å². The number of piperidine rings is 1. The molecule has 2 aromatic rings. The van der Waals surface area contributed by atoms with Crippen molar-refractivity contribution in [1.29, 1.82) is 0 Å². The molecule has 0 spiro atoms. The highest BCUT2D eigenvalue weighted by molar-refractivity contribution is 6.30. The first-order valence-corrected chi connectivity index (χ1v) is 8.52. The zero-order valence-corrected chi connectivity index (χ0v) is 14.1. The number of nitrogens with zero attached hydrogens (tertiary/aromatic N) is 3. The van der Waals surface area contributed by atoms with E-state index in [0.717, 1.165) is 30.7 Å². The summed E-state index contributed by atoms with van der Waals surface area (Å²) in [7, 11) is 0. The minimum atomic E-state index is -0.471. The molecule has 2 aliphatic heterocycles. The average molecular weight is 348 g/mol. The monoisotopic (exact) mass is 347 g/mol. The van der Waals surface area contributed by atoms with E-state index in [0.29, 0.717) is 29.7 Å². The van der Waals surface area contributed by atoms with Crippen LogP contribution in [0, 0.1) is 6.92 Å². The standard InChI is InChI=1S/C17H18ClN3O3/c1-10-19-16(24-20-10)11-3-2-6-21(9-11)17(22)15-8-12-7-13(18)4-5-14(12)23-15/h4-5,7,11,15H,2-3,6,8-9H2,1H3/t11-,15+/m0/s1. The van der Waals surface area contributed by atoms with Crippen molar-refractivity contribution in [3.63, 3.8) is 0 Å². The minimum Gasteiger partial charge on any atom is -0.480 e. The molecule has 7 heteroatoms. The van der Waals surface area contributed by atoms with Gasteiger partial charge in [-0.25, -0.2) is 0 Å². The van der Waals surface area contributed by atoms with E-state index >= 15 is 0 Å². The Bertz CT molecular complexity index is 776. The maximum atomic E-state index is 12.8. The number of hydrogen-bond donors (Lipinski definition) is 0. The summed E-state index contributed by atoms with van der Waals surface area (Å²) in [6.45, 7) is 3.13. The van der Waals surface area contributed by atoms with Gasteiger partial charge in [0.1, 0.15) is 5.75 Å². The van der Waals surface area contributed by atoms with Crippen molar-refractivity contribution in [2.45, 2.75) is 38.2 Å². The molecule has 2 aliphatic rings. The van der Waals surface area contributed by atoms with Crippen LogP contribution in [0.4, 0.5) is 0 Å². The van der Waals surface area contributed by atoms with Gasteiger partial charge < -0.3 is 14.2 Å². The van der Waals surface area contributed by atoms with Gasteiger partial charge in [-0.1, -0.05) is 16.8 Å². The molecule has 1 fully saturated rings. The number of halogens is 1. The van der Waals surface area contributed by atoms with Crippen molar-refractivity contribution < 1.29 is 14.1 Å². The summed E-state index contributed by atoms with van der Waals surface area (Å²) in [5.74, 6) is 2.11. The zero-order chi connectivity index (χ0) is 16.7. The number of aryl methyl sites for hydroxylation is 1. The molecular formula is C17H18ClN3O3. The van der Waals surface area contributed by atoms with Crippen molar-refractivity contribution in [1.82, 2.24) is 15.0 Å². The molecular weight excluding hydrogens is 330 g/mol. The van der Waals surface area contributed by atoms with E-state index in [-0.39, 0.29) is 11.8 Å². The molecule has 0 unspecified atom stereocenters. The number of amides is 1. The molecule has 126 valence electrons. The Labute approximate surface area is 144 Å². The zero-order valence-electron chi connectivity index (χ0n) is 13.4. The lowest BCUT2D eigenvalue weighted by molar-refractivity contribution is -0.139. The first-order chi connectivity index (χ1) is 11.6. The summed E-state index contributed by atoms with van der Waals surface area (Å²) in [5, 5.41) is 4.51. The van der Waals surface area contributed by atoms with Crippen LogP contribution in [-0.2, 0) is 11.2 Å². The van der Waals surface area contributed by atoms with Crippen LogP contribution in [0.2, 0.25) is 5.02 Å². The lowest BCUT2D eigenvalue weighted by Gasteiger charge is -2.32. The molecule has 0 aliphatic carbocycles. The number of rotatable bonds is 2. The fourth-order valence-electron chi connectivity index (χ4n) is 3.42. The van der Waals surface area contributed by atoms with Crippen LogP contribution in [0.25, 0.3) is 0 Å². The van der Waals surface area contributed by atoms with Crippen LogP contribution in [0.5, 0.6) is 5.75 Å². The van der Waals surface area contributed by atoms with Gasteiger partial charge in [-0.2, -0.15) is 4.98 Å². The number of hydrogen-bond acceptors (Lipinski definition) is 5. The van der Waals surface area contributed by atoms with Gasteiger partial charge in [-0.3, -0.25) is 4.79 Å². The third-order valence-electron chi connectivity index (χ3n) is 4.60. The van der Waals surface area contributed by atoms with E-state index in [4.69, 9.17) is 20.9 Å². The molecule has 1 aromatic carbocycles. The average Bonchev–Trinajstić information content (AvgIpc) is 3.20. The highest BCUT2D eigenvalue weighted by Crippen LogP contribution is 2.33. The van der Waals surface area contributed by atoms with Crippen LogP contribution in [-0.4, -0.2) is 40.1 Å². The maximum absolute atomic E-state index is 12.8. The minimum absolute atomic E-state index is 0.0169. The Morgan fingerprint density at radius 2 is 2.29 bits per heavy atom. The van der Waals surface area contributed by atoms with E-state index in [2.05, 4.69) is 10.1 Å². The van der Waals surface area contributed by atoms with Crippen LogP contribution >= 0.6 is 11.6 Å². The first kappa shape index (κ1) is 15.4. The SMILES string of the molecule is Cc1noc([C@H]2CCCN(C(=O)[C@H]3Cc4cc(Cl)ccc4O3)C2)n1. The molecule has 3 heterocycles. The van der Waals surface area contributed by atoms with Crippen molar-refractivity contribution in [2.24, 2.45) is 0 Å². The van der Waals surface area contributed by atoms with E-state index in [1.54, 1.807) is 13.0 Å². The normalized spacial score (nSPS) is 23.0. The summed E-state index contributed by atoms with van der Waals surface area (Å²) < 4.78 is 11.1. The predicted octanol–water partition coefficient (Wildman–Crippen LogP) is 2.74. The smallest absolute Gasteiger partial charge is 0.264 e. The fraction of sp³-hybridized carbons (Fsp3) is 0.471. The second-order valence-electron chi connectivity index (χ2n) is 6.37. The quantitative estimate of drug-likeness (QED) is 0.835. The Morgan fingerprint density at radius 3 is 3.08 bits per heavy atom. The molecule has 0 N–H and O–H groups in total. The lowest BCUT2D eigenvalue weighted by atomic mass is 9.97. The van der Waals surface area contributed by atoms with Gasteiger partial charge in [-0.15, -0.1) is 0 Å². The van der Waals surface area contributed by atoms with Crippen LogP contribution in [0.15, 0.2) is 22.7 Å². The largest absolute Gasteiger partial charge is 0.480 e. The Hall–Kier alpha value is -2.08. The fourth-order valence-corrected chi connectivity index (χ4v) is 3.61. The number of likely N-dealkylation sites (tertiary alicyclic amines) is 1. The molecule has 0 radical (unpaired) electrons. The van der Waals surface area contributed by atoms with Crippen molar-refractivity contribution >= 4 is 17.5 Å². The van der Waals surface area contributed by atoms with Crippen LogP contribution in [0.3, 0.4) is 0 Å². The Kier molecular flexibility index (Phi) is 3.92. The summed E-state index contributed by atoms with van der Waals surface area (Å²) in [5.41, 5.74) is 0.988. The Balaban J connectivity index is 1.45. The van der Waals surface area contributed by atoms with Gasteiger partial charge in [-0.05, 0) is 43.5 Å². The molecule has 2 atom stereocenters. The first-order valence-electron chi connectivity index (χ1n) is 8.14. The van der Waals surface area contributed by atoms with E-state index in [1.807, 2.05) is 17.0 Å². The molecule has 1 aromatic heterocycles. The number of ether oxygens (including phenoxy) is 1. The van der Waals surface area contributed by atoms with E-state index in [1.165, 1.54) is 0 Å². The van der Waals surface area contributed by atoms with Crippen LogP contribution < -0.4 is 4.74 Å². The topological polar surface area (TPSA) is 68.5 Å². The predicted molar refractivity (Wildman–Crippen MR) is 87.2 cm³/mol. The number of carbonyl (C=O) groups excluding carboxylic acids is 1. The summed E-state index contributed by atoms with van der Waals surface area (Å²) in [6.07, 6.45) is 1.97. The van der Waals surface area contributed by atoms with E-state index < -0.39 is 6.10 Å². The number of carbonyl (C=O) groups is 1. The van der Waals surface area contributed by atoms with E-state index in [9.17, 15) is 4.79 Å². The highest BCUT2D eigenvalue weighted by atomic mass is 35.5. The molecule has 24 heavy (non-hydrogen) atoms. The van der Waals surface area contributed by atoms with Gasteiger partial charge in [0.15, 0.2) is 11.9 Å². The number of benzene rings is 1. The third kappa shape index (κ3) is 2.86. The molecule has 0 saturated carbocycles. The number of aromatic nitrogens is 2. The Morgan fingerprint density at radius 1 is 1.42 bits per heavy atom. The number of fused-ring (bicyclic) bond motifs is 1. The third-order valence-corrected chi connectivity index (χ3v) is 4.83. The van der Waals surface area contributed by atoms with Crippen molar-refractivity contribution in [3.05, 3.63) is 40.5 Å². The molecule has 4 rings (SSSR count). The van der Waals surface area contributed by atoms with Crippen molar-refractivity contribution in [2.75, 3.05) is 13.1 Å². The molecule has 0 bridgehead atoms. The summed E-state index contributed by atoms with van der Waals surface area (Å²) in [6, 6.07) is 5.47. The second-order valence-corrected chi connectivity index (χ2v) is 6.80. The van der Waals surface area contributed by atoms with Gasteiger partial charge in [0, 0.05) is 24.5 Å². The second kappa shape index (κ2) is 6.09. The van der Waals surface area contributed by atoms with Gasteiger partial charge in [0.2, 0.25) is 5.89 Å². The lowest BCUT2D eigenvalue weighted by Crippen LogP contribution is -2.46.